The topological polar surface area (TPSA) is 59.6 Å². The first-order valence-electron chi connectivity index (χ1n) is 8.86. The van der Waals surface area contributed by atoms with E-state index in [4.69, 9.17) is 9.47 Å². The largest absolute Gasteiger partial charge is 0.497 e. The predicted molar refractivity (Wildman–Crippen MR) is 95.5 cm³/mol. The molecule has 0 aliphatic carbocycles. The molecule has 1 fully saturated rings. The second-order valence-corrected chi connectivity index (χ2v) is 6.68. The van der Waals surface area contributed by atoms with Crippen LogP contribution in [0.15, 0.2) is 24.3 Å². The maximum absolute atomic E-state index is 12.1. The van der Waals surface area contributed by atoms with Gasteiger partial charge in [-0.3, -0.25) is 4.79 Å². The van der Waals surface area contributed by atoms with Crippen molar-refractivity contribution in [2.24, 2.45) is 11.8 Å². The molecule has 24 heavy (non-hydrogen) atoms. The number of hydrogen-bond donors (Lipinski definition) is 2. The minimum absolute atomic E-state index is 0.0727. The first-order chi connectivity index (χ1) is 11.6. The Hall–Kier alpha value is -1.75. The molecule has 0 spiro atoms. The molecule has 1 aromatic rings. The van der Waals surface area contributed by atoms with E-state index in [0.717, 1.165) is 24.6 Å². The van der Waals surface area contributed by atoms with Gasteiger partial charge in [0.1, 0.15) is 17.6 Å². The van der Waals surface area contributed by atoms with Crippen LogP contribution in [0.5, 0.6) is 11.5 Å². The van der Waals surface area contributed by atoms with Crippen LogP contribution in [0.4, 0.5) is 0 Å². The van der Waals surface area contributed by atoms with Crippen molar-refractivity contribution in [1.29, 1.82) is 0 Å². The van der Waals surface area contributed by atoms with Crippen LogP contribution in [0.3, 0.4) is 0 Å². The van der Waals surface area contributed by atoms with Gasteiger partial charge >= 0.3 is 0 Å². The van der Waals surface area contributed by atoms with Crippen molar-refractivity contribution in [2.45, 2.75) is 39.2 Å². The van der Waals surface area contributed by atoms with E-state index in [2.05, 4.69) is 17.6 Å². The zero-order chi connectivity index (χ0) is 17.4. The summed E-state index contributed by atoms with van der Waals surface area (Å²) in [6.45, 7) is 6.81. The summed E-state index contributed by atoms with van der Waals surface area (Å²) >= 11 is 0. The van der Waals surface area contributed by atoms with E-state index >= 15 is 0 Å². The number of benzene rings is 1. The summed E-state index contributed by atoms with van der Waals surface area (Å²) in [5.41, 5.74) is 0. The van der Waals surface area contributed by atoms with E-state index in [9.17, 15) is 4.79 Å². The second-order valence-electron chi connectivity index (χ2n) is 6.68. The third-order valence-corrected chi connectivity index (χ3v) is 4.68. The lowest BCUT2D eigenvalue weighted by Gasteiger charge is -2.28. The number of ether oxygens (including phenoxy) is 2. The number of amides is 1. The van der Waals surface area contributed by atoms with E-state index in [-0.39, 0.29) is 12.0 Å². The first-order valence-corrected chi connectivity index (χ1v) is 8.86. The quantitative estimate of drug-likeness (QED) is 0.767. The highest BCUT2D eigenvalue weighted by atomic mass is 16.5. The average molecular weight is 334 g/mol. The Bertz CT molecular complexity index is 498. The standard InChI is InChI=1S/C19H30N2O3/c1-14(16-8-10-20-11-9-16)12-19(22)21-13-15(2)24-18-6-4-17(23-3)5-7-18/h4-7,14-16,20H,8-13H2,1-3H3,(H,21,22). The first kappa shape index (κ1) is 18.6. The normalized spacial score (nSPS) is 17.8. The van der Waals surface area contributed by atoms with Crippen LogP contribution in [-0.4, -0.2) is 38.8 Å². The molecular formula is C19H30N2O3. The van der Waals surface area contributed by atoms with Crippen LogP contribution in [0.1, 0.15) is 33.1 Å². The fraction of sp³-hybridized carbons (Fsp3) is 0.632. The third-order valence-electron chi connectivity index (χ3n) is 4.68. The van der Waals surface area contributed by atoms with Crippen LogP contribution in [0.25, 0.3) is 0 Å². The van der Waals surface area contributed by atoms with E-state index in [1.807, 2.05) is 31.2 Å². The predicted octanol–water partition coefficient (Wildman–Crippen LogP) is 2.60. The molecule has 0 saturated carbocycles. The molecule has 0 bridgehead atoms. The minimum Gasteiger partial charge on any atom is -0.497 e. The van der Waals surface area contributed by atoms with Crippen molar-refractivity contribution in [3.63, 3.8) is 0 Å². The molecular weight excluding hydrogens is 304 g/mol. The molecule has 5 heteroatoms. The van der Waals surface area contributed by atoms with Crippen molar-refractivity contribution >= 4 is 5.91 Å². The number of hydrogen-bond acceptors (Lipinski definition) is 4. The molecule has 1 aliphatic rings. The second kappa shape index (κ2) is 9.52. The number of carbonyl (C=O) groups excluding carboxylic acids is 1. The summed E-state index contributed by atoms with van der Waals surface area (Å²) < 4.78 is 10.9. The fourth-order valence-corrected chi connectivity index (χ4v) is 3.13. The summed E-state index contributed by atoms with van der Waals surface area (Å²) in [7, 11) is 1.64. The summed E-state index contributed by atoms with van der Waals surface area (Å²) in [6.07, 6.45) is 2.87. The van der Waals surface area contributed by atoms with E-state index in [1.54, 1.807) is 7.11 Å². The van der Waals surface area contributed by atoms with Crippen molar-refractivity contribution in [3.8, 4) is 11.5 Å². The van der Waals surface area contributed by atoms with Gasteiger partial charge in [-0.15, -0.1) is 0 Å². The summed E-state index contributed by atoms with van der Waals surface area (Å²) in [6, 6.07) is 7.47. The smallest absolute Gasteiger partial charge is 0.220 e. The zero-order valence-corrected chi connectivity index (χ0v) is 15.0. The van der Waals surface area contributed by atoms with Crippen LogP contribution in [0, 0.1) is 11.8 Å². The molecule has 5 nitrogen and oxygen atoms in total. The lowest BCUT2D eigenvalue weighted by atomic mass is 9.84. The molecule has 134 valence electrons. The van der Waals surface area contributed by atoms with E-state index in [1.165, 1.54) is 12.8 Å². The Morgan fingerprint density at radius 2 is 1.83 bits per heavy atom. The van der Waals surface area contributed by atoms with Gasteiger partial charge in [-0.25, -0.2) is 0 Å². The zero-order valence-electron chi connectivity index (χ0n) is 15.0. The molecule has 0 radical (unpaired) electrons. The monoisotopic (exact) mass is 334 g/mol. The molecule has 2 unspecified atom stereocenters. The van der Waals surface area contributed by atoms with Crippen molar-refractivity contribution < 1.29 is 14.3 Å². The van der Waals surface area contributed by atoms with Crippen LogP contribution in [0.2, 0.25) is 0 Å². The van der Waals surface area contributed by atoms with Crippen molar-refractivity contribution in [1.82, 2.24) is 10.6 Å². The number of rotatable bonds is 8. The van der Waals surface area contributed by atoms with Crippen molar-refractivity contribution in [2.75, 3.05) is 26.7 Å². The van der Waals surface area contributed by atoms with Gasteiger partial charge in [0, 0.05) is 6.42 Å². The van der Waals surface area contributed by atoms with Gasteiger partial charge < -0.3 is 20.1 Å². The van der Waals surface area contributed by atoms with Crippen LogP contribution >= 0.6 is 0 Å². The Morgan fingerprint density at radius 1 is 1.21 bits per heavy atom. The third kappa shape index (κ3) is 6.04. The SMILES string of the molecule is COc1ccc(OC(C)CNC(=O)CC(C)C2CCNCC2)cc1. The lowest BCUT2D eigenvalue weighted by molar-refractivity contribution is -0.122. The van der Waals surface area contributed by atoms with Gasteiger partial charge in [-0.2, -0.15) is 0 Å². The Balaban J connectivity index is 1.68. The molecule has 1 saturated heterocycles. The maximum Gasteiger partial charge on any atom is 0.220 e. The highest BCUT2D eigenvalue weighted by molar-refractivity contribution is 5.76. The molecule has 0 aromatic heterocycles. The van der Waals surface area contributed by atoms with Gasteiger partial charge in [-0.05, 0) is 69.0 Å². The molecule has 1 aromatic carbocycles. The molecule has 2 atom stereocenters. The van der Waals surface area contributed by atoms with Crippen LogP contribution < -0.4 is 20.1 Å². The van der Waals surface area contributed by atoms with E-state index in [0.29, 0.717) is 24.8 Å². The van der Waals surface area contributed by atoms with Gasteiger partial charge in [0.25, 0.3) is 0 Å². The number of piperidine rings is 1. The van der Waals surface area contributed by atoms with Crippen molar-refractivity contribution in [3.05, 3.63) is 24.3 Å². The van der Waals surface area contributed by atoms with Crippen LogP contribution in [-0.2, 0) is 4.79 Å². The average Bonchev–Trinajstić information content (AvgIpc) is 2.61. The molecule has 2 rings (SSSR count). The highest BCUT2D eigenvalue weighted by Gasteiger charge is 2.22. The molecule has 2 N–H and O–H groups in total. The number of methoxy groups -OCH3 is 1. The number of carbonyl (C=O) groups is 1. The van der Waals surface area contributed by atoms with E-state index < -0.39 is 0 Å². The molecule has 1 heterocycles. The Labute approximate surface area is 145 Å². The lowest BCUT2D eigenvalue weighted by Crippen LogP contribution is -2.36. The Kier molecular flexibility index (Phi) is 7.37. The summed E-state index contributed by atoms with van der Waals surface area (Å²) in [4.78, 5) is 12.1. The molecule has 1 aliphatic heterocycles. The molecule has 1 amide bonds. The Morgan fingerprint density at radius 3 is 2.46 bits per heavy atom. The van der Waals surface area contributed by atoms with Gasteiger partial charge in [0.05, 0.1) is 13.7 Å². The fourth-order valence-electron chi connectivity index (χ4n) is 3.13. The maximum atomic E-state index is 12.1. The van der Waals surface area contributed by atoms with Gasteiger partial charge in [-0.1, -0.05) is 6.92 Å². The van der Waals surface area contributed by atoms with Gasteiger partial charge in [0.2, 0.25) is 5.91 Å². The number of nitrogens with one attached hydrogen (secondary N) is 2. The summed E-state index contributed by atoms with van der Waals surface area (Å²) in [5.74, 6) is 2.79. The minimum atomic E-state index is -0.0727. The summed E-state index contributed by atoms with van der Waals surface area (Å²) in [5, 5.41) is 6.36. The van der Waals surface area contributed by atoms with Gasteiger partial charge in [0.15, 0.2) is 0 Å². The highest BCUT2D eigenvalue weighted by Crippen LogP contribution is 2.24.